The zero-order valence-corrected chi connectivity index (χ0v) is 7.58. The van der Waals surface area contributed by atoms with Crippen molar-refractivity contribution in [3.8, 4) is 0 Å². The topological polar surface area (TPSA) is 93.1 Å². The van der Waals surface area contributed by atoms with E-state index < -0.39 is 16.1 Å². The molecule has 0 bridgehead atoms. The highest BCUT2D eigenvalue weighted by molar-refractivity contribution is 7.55. The second kappa shape index (κ2) is 4.04. The highest BCUT2D eigenvalue weighted by atomic mass is 31.2. The minimum absolute atomic E-state index is 0.0703. The zero-order valence-electron chi connectivity index (χ0n) is 5.68. The van der Waals surface area contributed by atoms with Gasteiger partial charge in [0.05, 0.1) is 5.76 Å². The van der Waals surface area contributed by atoms with Crippen LogP contribution in [0.15, 0.2) is 12.3 Å². The van der Waals surface area contributed by atoms with E-state index >= 15 is 0 Å². The van der Waals surface area contributed by atoms with Gasteiger partial charge in [0.1, 0.15) is 0 Å². The summed E-state index contributed by atoms with van der Waals surface area (Å²) in [4.78, 5) is 16.7. The molecule has 8 heteroatoms. The van der Waals surface area contributed by atoms with Crippen molar-refractivity contribution in [2.24, 2.45) is 0 Å². The van der Waals surface area contributed by atoms with E-state index in [1.54, 1.807) is 0 Å². The van der Waals surface area contributed by atoms with E-state index in [9.17, 15) is 9.13 Å². The first-order valence-electron chi connectivity index (χ1n) is 2.44. The minimum atomic E-state index is -4.42. The Morgan fingerprint density at radius 3 is 2.45 bits per heavy atom. The maximum atomic E-state index is 10.6. The summed E-state index contributed by atoms with van der Waals surface area (Å²) in [5.74, 6) is -0.0703. The summed E-state index contributed by atoms with van der Waals surface area (Å²) >= 11 is 0. The van der Waals surface area contributed by atoms with Crippen LogP contribution in [-0.2, 0) is 18.0 Å². The molecule has 2 atom stereocenters. The molecule has 0 spiro atoms. The van der Waals surface area contributed by atoms with Gasteiger partial charge in [-0.15, -0.1) is 0 Å². The van der Waals surface area contributed by atoms with Crippen molar-refractivity contribution in [3.63, 3.8) is 0 Å². The van der Waals surface area contributed by atoms with E-state index in [-0.39, 0.29) is 5.76 Å². The molecule has 0 heterocycles. The number of rotatable bonds is 4. The Kier molecular flexibility index (Phi) is 4.00. The van der Waals surface area contributed by atoms with Crippen molar-refractivity contribution >= 4 is 16.1 Å². The summed E-state index contributed by atoms with van der Waals surface area (Å²) in [5.41, 5.74) is 0. The molecule has 6 nitrogen and oxygen atoms in total. The molecule has 0 aliphatic heterocycles. The van der Waals surface area contributed by atoms with Crippen LogP contribution < -0.4 is 0 Å². The first-order chi connectivity index (χ1) is 4.83. The molecule has 0 amide bonds. The van der Waals surface area contributed by atoms with Gasteiger partial charge in [-0.3, -0.25) is 9.46 Å². The fourth-order valence-corrected chi connectivity index (χ4v) is 1.65. The highest BCUT2D eigenvalue weighted by Crippen LogP contribution is 2.51. The minimum Gasteiger partial charge on any atom is -0.409 e. The van der Waals surface area contributed by atoms with Crippen molar-refractivity contribution in [1.29, 1.82) is 0 Å². The third kappa shape index (κ3) is 6.28. The number of allylic oxidation sites excluding steroid dienone is 1. The first kappa shape index (κ1) is 10.9. The van der Waals surface area contributed by atoms with E-state index in [4.69, 9.17) is 9.79 Å². The van der Waals surface area contributed by atoms with Gasteiger partial charge in [-0.1, -0.05) is 6.58 Å². The lowest BCUT2D eigenvalue weighted by molar-refractivity contribution is 0.244. The second-order valence-corrected chi connectivity index (χ2v) is 4.00. The van der Waals surface area contributed by atoms with E-state index in [0.29, 0.717) is 0 Å². The van der Waals surface area contributed by atoms with Gasteiger partial charge in [0, 0.05) is 0 Å². The maximum absolute atomic E-state index is 10.6. The molecule has 0 aliphatic carbocycles. The van der Waals surface area contributed by atoms with E-state index in [2.05, 4.69) is 15.4 Å². The lowest BCUT2D eigenvalue weighted by atomic mass is 10.7. The zero-order chi connectivity index (χ0) is 9.07. The van der Waals surface area contributed by atoms with Gasteiger partial charge in [0.2, 0.25) is 0 Å². The molecular formula is C3H8O6P2. The van der Waals surface area contributed by atoms with Crippen LogP contribution in [0.3, 0.4) is 0 Å². The number of hydrogen-bond donors (Lipinski definition) is 2. The average Bonchev–Trinajstić information content (AvgIpc) is 1.53. The Bertz CT molecular complexity index is 202. The standard InChI is InChI=1S/C3H8O6P2/c1-3(2)8-11(6,7)9-10(4)5/h10H,1H2,2H3,(H,4,5)(H,6,7). The molecular weight excluding hydrogens is 194 g/mol. The Balaban J connectivity index is 4.12. The first-order valence-corrected chi connectivity index (χ1v) is 5.20. The third-order valence-corrected chi connectivity index (χ3v) is 2.55. The largest absolute Gasteiger partial charge is 0.534 e. The second-order valence-electron chi connectivity index (χ2n) is 1.62. The van der Waals surface area contributed by atoms with Crippen LogP contribution in [0.2, 0.25) is 0 Å². The normalized spacial score (nSPS) is 18.5. The van der Waals surface area contributed by atoms with Crippen LogP contribution in [0.4, 0.5) is 0 Å². The SMILES string of the molecule is C=C(C)OP(=O)(O)O[PH](=O)O. The van der Waals surface area contributed by atoms with Gasteiger partial charge in [0.25, 0.3) is 0 Å². The molecule has 0 aliphatic rings. The lowest BCUT2D eigenvalue weighted by Gasteiger charge is -2.09. The number of phosphoric ester groups is 1. The predicted octanol–water partition coefficient (Wildman–Crippen LogP) is 1.04. The van der Waals surface area contributed by atoms with E-state index in [1.807, 2.05) is 0 Å². The number of hydrogen-bond acceptors (Lipinski definition) is 4. The monoisotopic (exact) mass is 202 g/mol. The third-order valence-electron chi connectivity index (χ3n) is 0.465. The molecule has 0 saturated heterocycles. The average molecular weight is 202 g/mol. The summed E-state index contributed by atoms with van der Waals surface area (Å²) in [6, 6.07) is 0. The Labute approximate surface area is 64.0 Å². The summed E-state index contributed by atoms with van der Waals surface area (Å²) in [7, 11) is -7.89. The fourth-order valence-electron chi connectivity index (χ4n) is 0.314. The molecule has 0 saturated carbocycles. The van der Waals surface area contributed by atoms with Crippen molar-refractivity contribution < 1.29 is 27.8 Å². The van der Waals surface area contributed by atoms with Gasteiger partial charge in [-0.05, 0) is 6.92 Å². The lowest BCUT2D eigenvalue weighted by Crippen LogP contribution is -1.86. The fraction of sp³-hybridized carbons (Fsp3) is 0.333. The van der Waals surface area contributed by atoms with Crippen LogP contribution in [-0.4, -0.2) is 9.79 Å². The van der Waals surface area contributed by atoms with Gasteiger partial charge < -0.3 is 9.42 Å². The molecule has 11 heavy (non-hydrogen) atoms. The van der Waals surface area contributed by atoms with E-state index in [1.165, 1.54) is 6.92 Å². The summed E-state index contributed by atoms with van der Waals surface area (Å²) in [6.45, 7) is 4.45. The van der Waals surface area contributed by atoms with Gasteiger partial charge >= 0.3 is 16.1 Å². The Morgan fingerprint density at radius 1 is 1.73 bits per heavy atom. The molecule has 0 aromatic rings. The van der Waals surface area contributed by atoms with Crippen LogP contribution in [0, 0.1) is 0 Å². The molecule has 0 radical (unpaired) electrons. The van der Waals surface area contributed by atoms with Gasteiger partial charge in [-0.2, -0.15) is 4.31 Å². The predicted molar refractivity (Wildman–Crippen MR) is 38.0 cm³/mol. The summed E-state index contributed by atoms with van der Waals surface area (Å²) in [5, 5.41) is 0. The molecule has 0 aromatic carbocycles. The summed E-state index contributed by atoms with van der Waals surface area (Å²) < 4.78 is 28.3. The number of phosphoric acid groups is 1. The Morgan fingerprint density at radius 2 is 2.18 bits per heavy atom. The van der Waals surface area contributed by atoms with Crippen LogP contribution in [0.1, 0.15) is 6.92 Å². The molecule has 66 valence electrons. The van der Waals surface area contributed by atoms with Crippen molar-refractivity contribution in [3.05, 3.63) is 12.3 Å². The van der Waals surface area contributed by atoms with Crippen molar-refractivity contribution in [1.82, 2.24) is 0 Å². The van der Waals surface area contributed by atoms with Crippen molar-refractivity contribution in [2.45, 2.75) is 6.92 Å². The molecule has 2 N–H and O–H groups in total. The highest BCUT2D eigenvalue weighted by Gasteiger charge is 2.24. The summed E-state index contributed by atoms with van der Waals surface area (Å²) in [6.07, 6.45) is 0. The Hall–Kier alpha value is -0.120. The molecule has 0 rings (SSSR count). The van der Waals surface area contributed by atoms with Crippen LogP contribution >= 0.6 is 16.1 Å². The smallest absolute Gasteiger partial charge is 0.409 e. The van der Waals surface area contributed by atoms with Gasteiger partial charge in [0.15, 0.2) is 0 Å². The quantitative estimate of drug-likeness (QED) is 0.522. The van der Waals surface area contributed by atoms with Crippen LogP contribution in [0.25, 0.3) is 0 Å². The van der Waals surface area contributed by atoms with Crippen LogP contribution in [0.5, 0.6) is 0 Å². The molecule has 2 unspecified atom stereocenters. The van der Waals surface area contributed by atoms with E-state index in [0.717, 1.165) is 0 Å². The maximum Gasteiger partial charge on any atom is 0.534 e. The van der Waals surface area contributed by atoms with Crippen molar-refractivity contribution in [2.75, 3.05) is 0 Å². The van der Waals surface area contributed by atoms with Gasteiger partial charge in [-0.25, -0.2) is 4.57 Å². The molecule has 0 aromatic heterocycles. The molecule has 0 fully saturated rings.